The number of ketones is 4. The molecule has 57 heavy (non-hydrogen) atoms. The van der Waals surface area contributed by atoms with E-state index in [0.29, 0.717) is 49.7 Å². The van der Waals surface area contributed by atoms with Gasteiger partial charge in [0.15, 0.2) is 23.1 Å². The first-order chi connectivity index (χ1) is 27.8. The summed E-state index contributed by atoms with van der Waals surface area (Å²) in [5.41, 5.74) is 8.53. The number of hydrogen-bond donors (Lipinski definition) is 0. The number of rotatable bonds is 18. The molecule has 298 valence electrons. The van der Waals surface area contributed by atoms with Crippen LogP contribution in [0.3, 0.4) is 0 Å². The molecule has 0 spiro atoms. The fraction of sp³-hybridized carbons (Fsp3) is 0.451. The van der Waals surface area contributed by atoms with Crippen molar-refractivity contribution in [2.75, 3.05) is 0 Å². The van der Waals surface area contributed by atoms with Crippen LogP contribution in [0.25, 0.3) is 44.2 Å². The van der Waals surface area contributed by atoms with E-state index in [1.807, 2.05) is 12.2 Å². The third-order valence-electron chi connectivity index (χ3n) is 12.5. The quantitative estimate of drug-likeness (QED) is 0.0571. The Kier molecular flexibility index (Phi) is 13.8. The summed E-state index contributed by atoms with van der Waals surface area (Å²) in [6.07, 6.45) is 24.1. The number of unbranched alkanes of at least 4 members (excludes halogenated alkanes) is 10. The molecule has 3 aliphatic rings. The highest BCUT2D eigenvalue weighted by atomic mass is 32.1. The molecular formula is C51H58O4S2. The van der Waals surface area contributed by atoms with Gasteiger partial charge in [-0.2, -0.15) is 0 Å². The van der Waals surface area contributed by atoms with Gasteiger partial charge in [-0.1, -0.05) is 115 Å². The van der Waals surface area contributed by atoms with E-state index in [4.69, 9.17) is 0 Å². The van der Waals surface area contributed by atoms with Crippen LogP contribution >= 0.6 is 22.7 Å². The molecule has 0 atom stereocenters. The van der Waals surface area contributed by atoms with Crippen molar-refractivity contribution in [2.24, 2.45) is 0 Å². The normalized spacial score (nSPS) is 16.3. The van der Waals surface area contributed by atoms with E-state index in [0.717, 1.165) is 32.4 Å². The standard InChI is InChI=1S/C51H58O4S2/c1-3-5-7-9-11-13-29-51(30-14-12-10-8-6-4-2)43-31-35(49-27-23-37(56-49)33-41-45(52)17-15-18-46(41)53)21-25-39(43)40-26-22-36(32-44(40)51)50-28-24-38(57-50)34-42-47(54)19-16-20-48(42)55/h21-28,31-34H,3-20,29-30H2,1-2H3. The Hall–Kier alpha value is -4.00. The Labute approximate surface area is 347 Å². The fourth-order valence-electron chi connectivity index (χ4n) is 9.33. The summed E-state index contributed by atoms with van der Waals surface area (Å²) in [4.78, 5) is 54.7. The van der Waals surface area contributed by atoms with Crippen LogP contribution in [0.2, 0.25) is 0 Å². The van der Waals surface area contributed by atoms with Crippen molar-refractivity contribution in [1.82, 2.24) is 0 Å². The van der Waals surface area contributed by atoms with Crippen LogP contribution in [0.4, 0.5) is 0 Å². The molecule has 2 saturated carbocycles. The minimum absolute atomic E-state index is 0.0322. The summed E-state index contributed by atoms with van der Waals surface area (Å²) in [5.74, 6) is -0.129. The van der Waals surface area contributed by atoms with Crippen molar-refractivity contribution in [3.63, 3.8) is 0 Å². The summed E-state index contributed by atoms with van der Waals surface area (Å²) in [6, 6.07) is 22.6. The second kappa shape index (κ2) is 19.2. The lowest BCUT2D eigenvalue weighted by atomic mass is 9.70. The van der Waals surface area contributed by atoms with Gasteiger partial charge in [-0.3, -0.25) is 19.2 Å². The zero-order valence-electron chi connectivity index (χ0n) is 34.0. The first-order valence-electron chi connectivity index (χ1n) is 21.9. The van der Waals surface area contributed by atoms with Crippen molar-refractivity contribution in [3.8, 4) is 32.0 Å². The van der Waals surface area contributed by atoms with Crippen molar-refractivity contribution < 1.29 is 19.2 Å². The minimum Gasteiger partial charge on any atom is -0.294 e. The zero-order chi connectivity index (χ0) is 39.8. The molecule has 2 fully saturated rings. The van der Waals surface area contributed by atoms with Gasteiger partial charge in [0.1, 0.15) is 0 Å². The topological polar surface area (TPSA) is 68.3 Å². The maximum absolute atomic E-state index is 12.6. The van der Waals surface area contributed by atoms with E-state index in [1.165, 1.54) is 110 Å². The first kappa shape index (κ1) is 41.2. The van der Waals surface area contributed by atoms with Gasteiger partial charge >= 0.3 is 0 Å². The van der Waals surface area contributed by atoms with Crippen LogP contribution in [0.15, 0.2) is 71.8 Å². The summed E-state index contributed by atoms with van der Waals surface area (Å²) in [6.45, 7) is 4.56. The van der Waals surface area contributed by atoms with E-state index in [9.17, 15) is 19.2 Å². The number of allylic oxidation sites excluding steroid dienone is 2. The second-order valence-corrected chi connectivity index (χ2v) is 18.8. The van der Waals surface area contributed by atoms with Crippen LogP contribution in [0.5, 0.6) is 0 Å². The first-order valence-corrected chi connectivity index (χ1v) is 23.5. The average molecular weight is 799 g/mol. The molecule has 0 radical (unpaired) electrons. The van der Waals surface area contributed by atoms with Gasteiger partial charge in [0.2, 0.25) is 0 Å². The highest BCUT2D eigenvalue weighted by molar-refractivity contribution is 7.16. The molecule has 4 aromatic rings. The van der Waals surface area contributed by atoms with E-state index < -0.39 is 0 Å². The van der Waals surface area contributed by atoms with E-state index in [1.54, 1.807) is 22.7 Å². The summed E-state index contributed by atoms with van der Waals surface area (Å²) >= 11 is 3.32. The number of benzene rings is 2. The Balaban J connectivity index is 1.26. The van der Waals surface area contributed by atoms with Crippen LogP contribution in [-0.2, 0) is 24.6 Å². The van der Waals surface area contributed by atoms with Crippen molar-refractivity contribution >= 4 is 58.0 Å². The molecule has 0 saturated heterocycles. The predicted molar refractivity (Wildman–Crippen MR) is 239 cm³/mol. The number of hydrogen-bond acceptors (Lipinski definition) is 6. The summed E-state index contributed by atoms with van der Waals surface area (Å²) in [5, 5.41) is 0. The molecule has 0 N–H and O–H groups in total. The van der Waals surface area contributed by atoms with E-state index >= 15 is 0 Å². The molecule has 2 aromatic carbocycles. The monoisotopic (exact) mass is 798 g/mol. The lowest BCUT2D eigenvalue weighted by molar-refractivity contribution is -0.125. The predicted octanol–water partition coefficient (Wildman–Crippen LogP) is 14.3. The van der Waals surface area contributed by atoms with Gasteiger partial charge in [-0.05, 0) is 108 Å². The van der Waals surface area contributed by atoms with E-state index in [-0.39, 0.29) is 28.5 Å². The zero-order valence-corrected chi connectivity index (χ0v) is 35.7. The number of fused-ring (bicyclic) bond motifs is 3. The van der Waals surface area contributed by atoms with Gasteiger partial charge in [-0.25, -0.2) is 0 Å². The van der Waals surface area contributed by atoms with Crippen molar-refractivity contribution in [1.29, 1.82) is 0 Å². The molecular weight excluding hydrogens is 741 g/mol. The van der Waals surface area contributed by atoms with Gasteiger partial charge < -0.3 is 0 Å². The van der Waals surface area contributed by atoms with Crippen LogP contribution in [-0.4, -0.2) is 23.1 Å². The Morgan fingerprint density at radius 1 is 0.491 bits per heavy atom. The molecule has 6 heteroatoms. The molecule has 0 aliphatic heterocycles. The Morgan fingerprint density at radius 2 is 0.877 bits per heavy atom. The molecule has 2 heterocycles. The van der Waals surface area contributed by atoms with Gasteiger partial charge in [0.25, 0.3) is 0 Å². The largest absolute Gasteiger partial charge is 0.294 e. The highest BCUT2D eigenvalue weighted by Crippen LogP contribution is 2.56. The molecule has 3 aliphatic carbocycles. The van der Waals surface area contributed by atoms with Crippen LogP contribution < -0.4 is 0 Å². The lowest BCUT2D eigenvalue weighted by Gasteiger charge is -2.33. The van der Waals surface area contributed by atoms with Gasteiger partial charge in [0, 0.05) is 50.6 Å². The van der Waals surface area contributed by atoms with E-state index in [2.05, 4.69) is 74.5 Å². The Morgan fingerprint density at radius 3 is 1.28 bits per heavy atom. The summed E-state index contributed by atoms with van der Waals surface area (Å²) in [7, 11) is 0. The second-order valence-electron chi connectivity index (χ2n) is 16.6. The Bertz CT molecular complexity index is 1980. The third-order valence-corrected chi connectivity index (χ3v) is 14.7. The van der Waals surface area contributed by atoms with Gasteiger partial charge in [0.05, 0.1) is 11.1 Å². The minimum atomic E-state index is -0.113. The highest BCUT2D eigenvalue weighted by Gasteiger charge is 2.43. The maximum atomic E-state index is 12.6. The SMILES string of the molecule is CCCCCCCCC1(CCCCCCCC)c2cc(-c3ccc(C=C4C(=O)CCCC4=O)s3)ccc2-c2ccc(-c3ccc(C=C4C(=O)CCCC4=O)s3)cc21. The number of Topliss-reactive ketones (excluding diaryl/α,β-unsaturated/α-hetero) is 4. The lowest BCUT2D eigenvalue weighted by Crippen LogP contribution is -2.25. The molecule has 2 aromatic heterocycles. The van der Waals surface area contributed by atoms with Crippen molar-refractivity contribution in [2.45, 2.75) is 148 Å². The summed E-state index contributed by atoms with van der Waals surface area (Å²) < 4.78 is 0. The van der Waals surface area contributed by atoms with Crippen LogP contribution in [0.1, 0.15) is 163 Å². The molecule has 0 bridgehead atoms. The fourth-order valence-corrected chi connectivity index (χ4v) is 11.2. The van der Waals surface area contributed by atoms with Crippen molar-refractivity contribution in [3.05, 3.63) is 92.7 Å². The molecule has 4 nitrogen and oxygen atoms in total. The average Bonchev–Trinajstić information content (AvgIpc) is 3.95. The smallest absolute Gasteiger partial charge is 0.166 e. The molecule has 0 amide bonds. The van der Waals surface area contributed by atoms with Crippen LogP contribution in [0, 0.1) is 0 Å². The number of carbonyl (C=O) groups excluding carboxylic acids is 4. The number of thiophene rings is 2. The third kappa shape index (κ3) is 9.34. The maximum Gasteiger partial charge on any atom is 0.166 e. The van der Waals surface area contributed by atoms with Gasteiger partial charge in [-0.15, -0.1) is 22.7 Å². The number of carbonyl (C=O) groups is 4. The molecule has 7 rings (SSSR count). The molecule has 0 unspecified atom stereocenters.